The van der Waals surface area contributed by atoms with E-state index in [-0.39, 0.29) is 42.5 Å². The lowest BCUT2D eigenvalue weighted by Gasteiger charge is -2.31. The summed E-state index contributed by atoms with van der Waals surface area (Å²) < 4.78 is 85.6. The number of rotatable bonds is 10. The number of piperidine rings is 1. The summed E-state index contributed by atoms with van der Waals surface area (Å²) in [7, 11) is 0. The number of anilines is 2. The number of aryl methyl sites for hydroxylation is 2. The van der Waals surface area contributed by atoms with Crippen molar-refractivity contribution < 1.29 is 35.9 Å². The largest absolute Gasteiger partial charge is 0.573 e. The predicted molar refractivity (Wildman–Crippen MR) is 144 cm³/mol. The van der Waals surface area contributed by atoms with Crippen LogP contribution in [0, 0.1) is 0 Å². The fourth-order valence-corrected chi connectivity index (χ4v) is 5.13. The first-order valence-corrected chi connectivity index (χ1v) is 13.5. The number of halogens is 6. The highest BCUT2D eigenvalue weighted by atomic mass is 19.4. The van der Waals surface area contributed by atoms with Crippen molar-refractivity contribution in [3.63, 3.8) is 0 Å². The Bertz CT molecular complexity index is 1390. The van der Waals surface area contributed by atoms with E-state index in [0.29, 0.717) is 22.9 Å². The molecule has 0 radical (unpaired) electrons. The van der Waals surface area contributed by atoms with Crippen LogP contribution in [0.3, 0.4) is 0 Å². The van der Waals surface area contributed by atoms with Gasteiger partial charge in [0, 0.05) is 6.20 Å². The Hall–Kier alpha value is -3.87. The second-order valence-electron chi connectivity index (χ2n) is 10.1. The molecule has 42 heavy (non-hydrogen) atoms. The molecule has 1 aliphatic heterocycles. The molecule has 13 heteroatoms. The molecule has 2 heterocycles. The number of amides is 1. The number of nitrogens with zero attached hydrogens (tertiary/aromatic N) is 3. The van der Waals surface area contributed by atoms with Gasteiger partial charge in [0.1, 0.15) is 0 Å². The van der Waals surface area contributed by atoms with E-state index in [4.69, 9.17) is 5.73 Å². The highest BCUT2D eigenvalue weighted by Crippen LogP contribution is 2.38. The van der Waals surface area contributed by atoms with E-state index >= 15 is 0 Å². The molecule has 0 bridgehead atoms. The molecule has 0 unspecified atom stereocenters. The molecule has 1 aliphatic rings. The van der Waals surface area contributed by atoms with Gasteiger partial charge in [-0.3, -0.25) is 4.79 Å². The van der Waals surface area contributed by atoms with Crippen molar-refractivity contribution in [2.24, 2.45) is 5.73 Å². The molecule has 1 fully saturated rings. The Labute approximate surface area is 239 Å². The molecule has 2 aromatic carbocycles. The maximum Gasteiger partial charge on any atom is 0.573 e. The Morgan fingerprint density at radius 3 is 2.36 bits per heavy atom. The molecule has 4 rings (SSSR count). The first kappa shape index (κ1) is 31.1. The zero-order valence-corrected chi connectivity index (χ0v) is 22.9. The van der Waals surface area contributed by atoms with E-state index in [9.17, 15) is 31.1 Å². The summed E-state index contributed by atoms with van der Waals surface area (Å²) in [5.74, 6) is -1.38. The van der Waals surface area contributed by atoms with Crippen LogP contribution in [0.5, 0.6) is 5.75 Å². The zero-order chi connectivity index (χ0) is 30.5. The number of alkyl halides is 6. The lowest BCUT2D eigenvalue weighted by molar-refractivity contribution is -0.274. The van der Waals surface area contributed by atoms with Gasteiger partial charge < -0.3 is 20.7 Å². The average molecular weight is 596 g/mol. The van der Waals surface area contributed by atoms with Gasteiger partial charge in [0.05, 0.1) is 23.4 Å². The quantitative estimate of drug-likeness (QED) is 0.273. The van der Waals surface area contributed by atoms with E-state index in [1.54, 1.807) is 30.3 Å². The number of likely N-dealkylation sites (tertiary alicyclic amines) is 1. The molecule has 0 saturated carbocycles. The third-order valence-electron chi connectivity index (χ3n) is 7.27. The Morgan fingerprint density at radius 1 is 1.05 bits per heavy atom. The van der Waals surface area contributed by atoms with Crippen LogP contribution in [0.4, 0.5) is 38.0 Å². The number of nitrogens with one attached hydrogen (secondary N) is 1. The molecule has 226 valence electrons. The van der Waals surface area contributed by atoms with Crippen LogP contribution in [0.1, 0.15) is 53.6 Å². The van der Waals surface area contributed by atoms with Crippen molar-refractivity contribution in [1.29, 1.82) is 0 Å². The van der Waals surface area contributed by atoms with Gasteiger partial charge in [0.25, 0.3) is 0 Å². The van der Waals surface area contributed by atoms with Crippen LogP contribution in [-0.4, -0.2) is 46.8 Å². The van der Waals surface area contributed by atoms with E-state index in [2.05, 4.69) is 24.9 Å². The van der Waals surface area contributed by atoms with Crippen molar-refractivity contribution in [2.75, 3.05) is 25.0 Å². The third kappa shape index (κ3) is 8.34. The van der Waals surface area contributed by atoms with E-state index in [1.165, 1.54) is 12.1 Å². The molecular weight excluding hydrogens is 564 g/mol. The van der Waals surface area contributed by atoms with Crippen LogP contribution in [0.25, 0.3) is 0 Å². The molecule has 1 amide bonds. The topological polar surface area (TPSA) is 93.4 Å². The molecule has 1 aromatic heterocycles. The minimum Gasteiger partial charge on any atom is -0.404 e. The number of hydrogen-bond donors (Lipinski definition) is 2. The van der Waals surface area contributed by atoms with Gasteiger partial charge in [-0.15, -0.1) is 13.2 Å². The molecule has 3 N–H and O–H groups in total. The van der Waals surface area contributed by atoms with Crippen LogP contribution in [0.2, 0.25) is 0 Å². The summed E-state index contributed by atoms with van der Waals surface area (Å²) in [6.07, 6.45) is -7.75. The molecule has 0 aliphatic carbocycles. The normalized spacial score (nSPS) is 15.0. The van der Waals surface area contributed by atoms with E-state index < -0.39 is 29.8 Å². The number of nitrogens with two attached hydrogens (primary N) is 1. The Morgan fingerprint density at radius 2 is 1.74 bits per heavy atom. The standard InChI is InChI=1S/C29H31F6N5O2/c1-2-40-13-11-19(12-14-40)21-8-10-24(25(15-21)42-29(33,34)35)39-27-37-17-22(28(30,31)32)23(38-27)9-7-18-5-3-4-6-20(18)16-26(36)41/h3-6,8,10,15,17,19H,2,7,9,11-14,16H2,1H3,(H2,36,41)(H,37,38,39). The number of hydrogen-bond acceptors (Lipinski definition) is 6. The van der Waals surface area contributed by atoms with Crippen molar-refractivity contribution in [3.8, 4) is 5.75 Å². The second-order valence-corrected chi connectivity index (χ2v) is 10.1. The monoisotopic (exact) mass is 595 g/mol. The SMILES string of the molecule is CCN1CCC(c2ccc(Nc3ncc(C(F)(F)F)c(CCc4ccccc4CC(N)=O)n3)c(OC(F)(F)F)c2)CC1. The van der Waals surface area contributed by atoms with Gasteiger partial charge >= 0.3 is 12.5 Å². The van der Waals surface area contributed by atoms with Gasteiger partial charge in [-0.05, 0) is 80.1 Å². The van der Waals surface area contributed by atoms with E-state index in [1.807, 2.05) is 6.92 Å². The fraction of sp³-hybridized carbons (Fsp3) is 0.414. The molecule has 3 aromatic rings. The van der Waals surface area contributed by atoms with E-state index in [0.717, 1.165) is 32.5 Å². The lowest BCUT2D eigenvalue weighted by atomic mass is 9.89. The summed E-state index contributed by atoms with van der Waals surface area (Å²) >= 11 is 0. The molecule has 7 nitrogen and oxygen atoms in total. The second kappa shape index (κ2) is 13.0. The Kier molecular flexibility index (Phi) is 9.60. The molecule has 0 atom stereocenters. The number of primary amides is 1. The number of carbonyl (C=O) groups excluding carboxylic acids is 1. The van der Waals surface area contributed by atoms with Crippen molar-refractivity contribution >= 4 is 17.5 Å². The smallest absolute Gasteiger partial charge is 0.404 e. The van der Waals surface area contributed by atoms with Crippen LogP contribution >= 0.6 is 0 Å². The number of carbonyl (C=O) groups is 1. The van der Waals surface area contributed by atoms with Crippen LogP contribution < -0.4 is 15.8 Å². The first-order valence-electron chi connectivity index (χ1n) is 13.5. The van der Waals surface area contributed by atoms with Crippen molar-refractivity contribution in [1.82, 2.24) is 14.9 Å². The minimum atomic E-state index is -4.99. The maximum absolute atomic E-state index is 13.8. The number of aromatic nitrogens is 2. The third-order valence-corrected chi connectivity index (χ3v) is 7.27. The predicted octanol–water partition coefficient (Wildman–Crippen LogP) is 6.15. The molecule has 0 spiro atoms. The number of benzene rings is 2. The fourth-order valence-electron chi connectivity index (χ4n) is 5.13. The highest BCUT2D eigenvalue weighted by Gasteiger charge is 2.36. The summed E-state index contributed by atoms with van der Waals surface area (Å²) in [6.45, 7) is 4.60. The minimum absolute atomic E-state index is 0.0452. The van der Waals surface area contributed by atoms with Crippen molar-refractivity contribution in [3.05, 3.63) is 76.6 Å². The maximum atomic E-state index is 13.8. The lowest BCUT2D eigenvalue weighted by Crippen LogP contribution is -2.32. The van der Waals surface area contributed by atoms with Gasteiger partial charge in [0.2, 0.25) is 11.9 Å². The van der Waals surface area contributed by atoms with Gasteiger partial charge in [-0.2, -0.15) is 13.2 Å². The summed E-state index contributed by atoms with van der Waals surface area (Å²) in [4.78, 5) is 21.4. The average Bonchev–Trinajstić information content (AvgIpc) is 2.92. The first-order chi connectivity index (χ1) is 19.8. The molecule has 1 saturated heterocycles. The van der Waals surface area contributed by atoms with Gasteiger partial charge in [-0.25, -0.2) is 9.97 Å². The van der Waals surface area contributed by atoms with Gasteiger partial charge in [0.15, 0.2) is 5.75 Å². The summed E-state index contributed by atoms with van der Waals surface area (Å²) in [5.41, 5.74) is 5.61. The summed E-state index contributed by atoms with van der Waals surface area (Å²) in [6, 6.07) is 11.1. The van der Waals surface area contributed by atoms with Crippen LogP contribution in [-0.2, 0) is 30.2 Å². The molecular formula is C29H31F6N5O2. The van der Waals surface area contributed by atoms with Crippen molar-refractivity contribution in [2.45, 2.75) is 57.5 Å². The van der Waals surface area contributed by atoms with Crippen LogP contribution in [0.15, 0.2) is 48.7 Å². The highest BCUT2D eigenvalue weighted by molar-refractivity contribution is 5.77. The number of ether oxygens (including phenoxy) is 1. The Balaban J connectivity index is 1.61. The zero-order valence-electron chi connectivity index (χ0n) is 22.9. The summed E-state index contributed by atoms with van der Waals surface area (Å²) in [5, 5.41) is 2.61. The van der Waals surface area contributed by atoms with Gasteiger partial charge in [-0.1, -0.05) is 37.3 Å².